The minimum absolute atomic E-state index is 0.332. The second-order valence-corrected chi connectivity index (χ2v) is 5.04. The van der Waals surface area contributed by atoms with Crippen LogP contribution in [0, 0.1) is 5.82 Å². The van der Waals surface area contributed by atoms with Gasteiger partial charge >= 0.3 is 0 Å². The zero-order chi connectivity index (χ0) is 14.8. The molecule has 3 rings (SSSR count). The van der Waals surface area contributed by atoms with E-state index in [1.54, 1.807) is 6.07 Å². The van der Waals surface area contributed by atoms with Gasteiger partial charge in [0.15, 0.2) is 0 Å². The number of aromatic amines is 1. The molecule has 2 aromatic carbocycles. The third kappa shape index (κ3) is 2.67. The van der Waals surface area contributed by atoms with Crippen molar-refractivity contribution >= 4 is 28.2 Å². The lowest BCUT2D eigenvalue weighted by Crippen LogP contribution is -2.02. The summed E-state index contributed by atoms with van der Waals surface area (Å²) in [6.45, 7) is 0.496. The van der Waals surface area contributed by atoms with Gasteiger partial charge in [-0.15, -0.1) is 0 Å². The molecule has 0 spiro atoms. The Hall–Kier alpha value is -2.20. The average Bonchev–Trinajstić information content (AvgIpc) is 2.83. The smallest absolute Gasteiger partial charge is 0.144 e. The third-order valence-electron chi connectivity index (χ3n) is 3.33. The summed E-state index contributed by atoms with van der Waals surface area (Å²) in [7, 11) is 1.51. The standard InChI is InChI=1S/C16H14ClFN2O/c1-21-15-8-10(18)6-7-13(15)19-9-14-16(17)11-4-2-3-5-12(11)20-14/h2-8,19-20H,9H2,1H3. The second kappa shape index (κ2) is 5.66. The summed E-state index contributed by atoms with van der Waals surface area (Å²) >= 11 is 6.36. The van der Waals surface area contributed by atoms with Crippen LogP contribution in [-0.4, -0.2) is 12.1 Å². The van der Waals surface area contributed by atoms with E-state index >= 15 is 0 Å². The molecule has 0 saturated heterocycles. The fraction of sp³-hybridized carbons (Fsp3) is 0.125. The first-order chi connectivity index (χ1) is 10.2. The lowest BCUT2D eigenvalue weighted by atomic mass is 10.2. The summed E-state index contributed by atoms with van der Waals surface area (Å²) in [6.07, 6.45) is 0. The van der Waals surface area contributed by atoms with Gasteiger partial charge in [0, 0.05) is 17.0 Å². The van der Waals surface area contributed by atoms with Crippen LogP contribution in [-0.2, 0) is 6.54 Å². The van der Waals surface area contributed by atoms with Crippen molar-refractivity contribution in [3.05, 3.63) is 59.0 Å². The molecule has 1 aromatic heterocycles. The van der Waals surface area contributed by atoms with Crippen LogP contribution in [0.3, 0.4) is 0 Å². The van der Waals surface area contributed by atoms with Crippen molar-refractivity contribution in [2.45, 2.75) is 6.54 Å². The first-order valence-corrected chi connectivity index (χ1v) is 6.89. The highest BCUT2D eigenvalue weighted by Crippen LogP contribution is 2.29. The van der Waals surface area contributed by atoms with Crippen LogP contribution in [0.5, 0.6) is 5.75 Å². The van der Waals surface area contributed by atoms with Crippen LogP contribution in [0.15, 0.2) is 42.5 Å². The summed E-state index contributed by atoms with van der Waals surface area (Å²) < 4.78 is 18.3. The number of rotatable bonds is 4. The number of anilines is 1. The maximum absolute atomic E-state index is 13.2. The van der Waals surface area contributed by atoms with E-state index in [1.807, 2.05) is 24.3 Å². The fourth-order valence-corrected chi connectivity index (χ4v) is 2.56. The lowest BCUT2D eigenvalue weighted by Gasteiger charge is -2.10. The van der Waals surface area contributed by atoms with E-state index in [9.17, 15) is 4.39 Å². The molecular formula is C16H14ClFN2O. The Bertz CT molecular complexity index is 785. The molecule has 0 aliphatic rings. The van der Waals surface area contributed by atoms with E-state index in [0.29, 0.717) is 23.0 Å². The largest absolute Gasteiger partial charge is 0.494 e. The number of benzene rings is 2. The molecule has 0 amide bonds. The number of H-pyrrole nitrogens is 1. The molecule has 1 heterocycles. The van der Waals surface area contributed by atoms with Gasteiger partial charge in [-0.25, -0.2) is 4.39 Å². The van der Waals surface area contributed by atoms with Crippen LogP contribution in [0.4, 0.5) is 10.1 Å². The van der Waals surface area contributed by atoms with Gasteiger partial charge in [0.2, 0.25) is 0 Å². The molecule has 2 N–H and O–H groups in total. The zero-order valence-electron chi connectivity index (χ0n) is 11.4. The van der Waals surface area contributed by atoms with Crippen molar-refractivity contribution < 1.29 is 9.13 Å². The van der Waals surface area contributed by atoms with Gasteiger partial charge in [0.05, 0.1) is 30.1 Å². The fourth-order valence-electron chi connectivity index (χ4n) is 2.28. The van der Waals surface area contributed by atoms with Crippen molar-refractivity contribution in [3.63, 3.8) is 0 Å². The molecule has 0 saturated carbocycles. The van der Waals surface area contributed by atoms with Gasteiger partial charge in [-0.05, 0) is 18.2 Å². The zero-order valence-corrected chi connectivity index (χ0v) is 12.2. The predicted molar refractivity (Wildman–Crippen MR) is 83.6 cm³/mol. The van der Waals surface area contributed by atoms with Crippen LogP contribution in [0.2, 0.25) is 5.02 Å². The second-order valence-electron chi connectivity index (χ2n) is 4.66. The first-order valence-electron chi connectivity index (χ1n) is 6.51. The number of ether oxygens (including phenoxy) is 1. The van der Waals surface area contributed by atoms with Crippen molar-refractivity contribution in [1.29, 1.82) is 0 Å². The molecular weight excluding hydrogens is 291 g/mol. The van der Waals surface area contributed by atoms with E-state index in [-0.39, 0.29) is 5.82 Å². The number of methoxy groups -OCH3 is 1. The molecule has 0 radical (unpaired) electrons. The van der Waals surface area contributed by atoms with Crippen molar-refractivity contribution in [3.8, 4) is 5.75 Å². The van der Waals surface area contributed by atoms with Gasteiger partial charge in [0.1, 0.15) is 11.6 Å². The number of aromatic nitrogens is 1. The number of para-hydroxylation sites is 1. The van der Waals surface area contributed by atoms with Gasteiger partial charge in [-0.2, -0.15) is 0 Å². The van der Waals surface area contributed by atoms with Crippen LogP contribution in [0.1, 0.15) is 5.69 Å². The van der Waals surface area contributed by atoms with E-state index in [0.717, 1.165) is 16.6 Å². The highest BCUT2D eigenvalue weighted by Gasteiger charge is 2.10. The molecule has 0 bridgehead atoms. The van der Waals surface area contributed by atoms with Gasteiger partial charge in [0.25, 0.3) is 0 Å². The summed E-state index contributed by atoms with van der Waals surface area (Å²) in [5.74, 6) is 0.128. The average molecular weight is 305 g/mol. The Morgan fingerprint density at radius 1 is 1.24 bits per heavy atom. The molecule has 3 nitrogen and oxygen atoms in total. The number of halogens is 2. The Labute approximate surface area is 126 Å². The van der Waals surface area contributed by atoms with Crippen molar-refractivity contribution in [1.82, 2.24) is 4.98 Å². The first kappa shape index (κ1) is 13.8. The number of hydrogen-bond donors (Lipinski definition) is 2. The summed E-state index contributed by atoms with van der Waals surface area (Å²) in [5.41, 5.74) is 2.59. The molecule has 0 atom stereocenters. The van der Waals surface area contributed by atoms with E-state index in [4.69, 9.17) is 16.3 Å². The molecule has 108 valence electrons. The van der Waals surface area contributed by atoms with Crippen LogP contribution < -0.4 is 10.1 Å². The molecule has 0 unspecified atom stereocenters. The summed E-state index contributed by atoms with van der Waals surface area (Å²) in [6, 6.07) is 12.2. The number of hydrogen-bond acceptors (Lipinski definition) is 2. The molecule has 0 aliphatic carbocycles. The van der Waals surface area contributed by atoms with E-state index in [1.165, 1.54) is 19.2 Å². The number of nitrogens with one attached hydrogen (secondary N) is 2. The lowest BCUT2D eigenvalue weighted by molar-refractivity contribution is 0.413. The number of fused-ring (bicyclic) bond motifs is 1. The molecule has 21 heavy (non-hydrogen) atoms. The topological polar surface area (TPSA) is 37.0 Å². The molecule has 3 aromatic rings. The summed E-state index contributed by atoms with van der Waals surface area (Å²) in [5, 5.41) is 4.88. The van der Waals surface area contributed by atoms with Gasteiger partial charge in [-0.1, -0.05) is 29.8 Å². The highest BCUT2D eigenvalue weighted by atomic mass is 35.5. The van der Waals surface area contributed by atoms with Gasteiger partial charge < -0.3 is 15.0 Å². The van der Waals surface area contributed by atoms with Crippen molar-refractivity contribution in [2.75, 3.05) is 12.4 Å². The Morgan fingerprint density at radius 2 is 2.05 bits per heavy atom. The Balaban J connectivity index is 1.85. The normalized spacial score (nSPS) is 10.8. The molecule has 0 aliphatic heterocycles. The third-order valence-corrected chi connectivity index (χ3v) is 3.76. The Kier molecular flexibility index (Phi) is 3.71. The van der Waals surface area contributed by atoms with Crippen LogP contribution in [0.25, 0.3) is 10.9 Å². The maximum Gasteiger partial charge on any atom is 0.144 e. The highest BCUT2D eigenvalue weighted by molar-refractivity contribution is 6.36. The molecule has 0 fully saturated rings. The van der Waals surface area contributed by atoms with E-state index in [2.05, 4.69) is 10.3 Å². The SMILES string of the molecule is COc1cc(F)ccc1NCc1[nH]c2ccccc2c1Cl. The molecule has 5 heteroatoms. The predicted octanol–water partition coefficient (Wildman–Crippen LogP) is 4.58. The van der Waals surface area contributed by atoms with Gasteiger partial charge in [-0.3, -0.25) is 0 Å². The minimum atomic E-state index is -0.332. The summed E-state index contributed by atoms with van der Waals surface area (Å²) in [4.78, 5) is 3.27. The minimum Gasteiger partial charge on any atom is -0.494 e. The van der Waals surface area contributed by atoms with Crippen LogP contribution >= 0.6 is 11.6 Å². The maximum atomic E-state index is 13.2. The quantitative estimate of drug-likeness (QED) is 0.740. The monoisotopic (exact) mass is 304 g/mol. The van der Waals surface area contributed by atoms with Crippen molar-refractivity contribution in [2.24, 2.45) is 0 Å². The van der Waals surface area contributed by atoms with E-state index < -0.39 is 0 Å². The Morgan fingerprint density at radius 3 is 2.81 bits per heavy atom.